The minimum Gasteiger partial charge on any atom is -0.307 e. The zero-order valence-electron chi connectivity index (χ0n) is 14.5. The number of rotatable bonds is 5. The van der Waals surface area contributed by atoms with E-state index in [4.69, 9.17) is 0 Å². The van der Waals surface area contributed by atoms with Crippen molar-refractivity contribution in [1.82, 2.24) is 5.32 Å². The highest BCUT2D eigenvalue weighted by Gasteiger charge is 2.25. The second kappa shape index (κ2) is 7.45. The molecular weight excluding hydrogens is 254 g/mol. The van der Waals surface area contributed by atoms with Crippen LogP contribution in [0.15, 0.2) is 24.3 Å². The van der Waals surface area contributed by atoms with Crippen molar-refractivity contribution in [3.63, 3.8) is 0 Å². The van der Waals surface area contributed by atoms with Crippen LogP contribution in [0.2, 0.25) is 0 Å². The Bertz CT molecular complexity index is 420. The van der Waals surface area contributed by atoms with Crippen LogP contribution in [-0.4, -0.2) is 6.04 Å². The Morgan fingerprint density at radius 3 is 2.24 bits per heavy atom. The first kappa shape index (κ1) is 16.5. The molecule has 1 aromatic carbocycles. The molecule has 0 heterocycles. The molecule has 1 saturated carbocycles. The third-order valence-corrected chi connectivity index (χ3v) is 5.21. The summed E-state index contributed by atoms with van der Waals surface area (Å²) >= 11 is 0. The van der Waals surface area contributed by atoms with Crippen molar-refractivity contribution < 1.29 is 0 Å². The van der Waals surface area contributed by atoms with Gasteiger partial charge in [0.25, 0.3) is 0 Å². The second-order valence-electron chi connectivity index (χ2n) is 7.69. The van der Waals surface area contributed by atoms with Gasteiger partial charge in [-0.1, -0.05) is 52.0 Å². The molecule has 1 nitrogen and oxygen atoms in total. The molecule has 0 saturated heterocycles. The van der Waals surface area contributed by atoms with Crippen molar-refractivity contribution >= 4 is 0 Å². The Kier molecular flexibility index (Phi) is 5.87. The predicted molar refractivity (Wildman–Crippen MR) is 92.5 cm³/mol. The molecule has 0 spiro atoms. The summed E-state index contributed by atoms with van der Waals surface area (Å²) < 4.78 is 0. The first-order valence-corrected chi connectivity index (χ1v) is 8.80. The zero-order chi connectivity index (χ0) is 15.4. The molecule has 1 N–H and O–H groups in total. The van der Waals surface area contributed by atoms with Crippen LogP contribution in [0.1, 0.15) is 71.0 Å². The molecule has 118 valence electrons. The van der Waals surface area contributed by atoms with Gasteiger partial charge >= 0.3 is 0 Å². The molecule has 1 fully saturated rings. The summed E-state index contributed by atoms with van der Waals surface area (Å²) in [7, 11) is 0. The van der Waals surface area contributed by atoms with Crippen molar-refractivity contribution in [3.8, 4) is 0 Å². The van der Waals surface area contributed by atoms with Crippen molar-refractivity contribution in [2.75, 3.05) is 0 Å². The van der Waals surface area contributed by atoms with Crippen LogP contribution < -0.4 is 5.32 Å². The van der Waals surface area contributed by atoms with Gasteiger partial charge in [0, 0.05) is 12.1 Å². The lowest BCUT2D eigenvalue weighted by molar-refractivity contribution is 0.217. The minimum absolute atomic E-state index is 0.462. The van der Waals surface area contributed by atoms with Crippen molar-refractivity contribution in [2.24, 2.45) is 17.8 Å². The Balaban J connectivity index is 1.89. The quantitative estimate of drug-likeness (QED) is 0.768. The standard InChI is InChI=1S/C20H33N/c1-14(2)12-18-7-9-19(10-8-18)17(5)21-20-11-6-15(3)16(4)13-20/h7-10,14-17,20-21H,6,11-13H2,1-5H3. The number of benzene rings is 1. The molecule has 4 unspecified atom stereocenters. The van der Waals surface area contributed by atoms with Crippen molar-refractivity contribution in [3.05, 3.63) is 35.4 Å². The Labute approximate surface area is 131 Å². The lowest BCUT2D eigenvalue weighted by Gasteiger charge is -2.34. The van der Waals surface area contributed by atoms with E-state index in [1.54, 1.807) is 0 Å². The maximum Gasteiger partial charge on any atom is 0.0294 e. The number of hydrogen-bond donors (Lipinski definition) is 1. The van der Waals surface area contributed by atoms with E-state index >= 15 is 0 Å². The fourth-order valence-electron chi connectivity index (χ4n) is 3.56. The van der Waals surface area contributed by atoms with Gasteiger partial charge in [-0.25, -0.2) is 0 Å². The minimum atomic E-state index is 0.462. The Morgan fingerprint density at radius 2 is 1.67 bits per heavy atom. The van der Waals surface area contributed by atoms with Gasteiger partial charge < -0.3 is 5.32 Å². The van der Waals surface area contributed by atoms with Gasteiger partial charge in [0.15, 0.2) is 0 Å². The molecule has 0 aliphatic heterocycles. The van der Waals surface area contributed by atoms with Crippen LogP contribution in [0.3, 0.4) is 0 Å². The Morgan fingerprint density at radius 1 is 1.00 bits per heavy atom. The molecule has 2 rings (SSSR count). The van der Waals surface area contributed by atoms with E-state index in [1.165, 1.54) is 36.8 Å². The van der Waals surface area contributed by atoms with Crippen LogP contribution in [-0.2, 0) is 6.42 Å². The summed E-state index contributed by atoms with van der Waals surface area (Å²) in [5.41, 5.74) is 2.88. The SMILES string of the molecule is CC(C)Cc1ccc(C(C)NC2CCC(C)C(C)C2)cc1. The molecule has 1 aromatic rings. The third kappa shape index (κ3) is 4.85. The highest BCUT2D eigenvalue weighted by Crippen LogP contribution is 2.30. The summed E-state index contributed by atoms with van der Waals surface area (Å²) in [4.78, 5) is 0. The van der Waals surface area contributed by atoms with Crippen molar-refractivity contribution in [2.45, 2.75) is 72.4 Å². The molecule has 1 aliphatic carbocycles. The molecule has 4 atom stereocenters. The molecule has 0 aromatic heterocycles. The normalized spacial score (nSPS) is 27.8. The van der Waals surface area contributed by atoms with Gasteiger partial charge in [0.1, 0.15) is 0 Å². The smallest absolute Gasteiger partial charge is 0.0294 e. The van der Waals surface area contributed by atoms with Gasteiger partial charge in [0.2, 0.25) is 0 Å². The van der Waals surface area contributed by atoms with E-state index in [0.717, 1.165) is 17.8 Å². The fraction of sp³-hybridized carbons (Fsp3) is 0.700. The van der Waals surface area contributed by atoms with Crippen molar-refractivity contribution in [1.29, 1.82) is 0 Å². The third-order valence-electron chi connectivity index (χ3n) is 5.21. The van der Waals surface area contributed by atoms with Gasteiger partial charge in [-0.05, 0) is 61.5 Å². The van der Waals surface area contributed by atoms with E-state index in [2.05, 4.69) is 64.2 Å². The number of nitrogens with one attached hydrogen (secondary N) is 1. The van der Waals surface area contributed by atoms with E-state index < -0.39 is 0 Å². The largest absolute Gasteiger partial charge is 0.307 e. The molecule has 21 heavy (non-hydrogen) atoms. The van der Waals surface area contributed by atoms with E-state index in [1.807, 2.05) is 0 Å². The molecule has 0 radical (unpaired) electrons. The topological polar surface area (TPSA) is 12.0 Å². The van der Waals surface area contributed by atoms with Gasteiger partial charge in [-0.2, -0.15) is 0 Å². The summed E-state index contributed by atoms with van der Waals surface area (Å²) in [6.07, 6.45) is 5.22. The predicted octanol–water partition coefficient (Wildman–Crippen LogP) is 5.36. The lowest BCUT2D eigenvalue weighted by Crippen LogP contribution is -2.37. The lowest BCUT2D eigenvalue weighted by atomic mass is 9.79. The highest BCUT2D eigenvalue weighted by molar-refractivity contribution is 5.25. The molecule has 1 aliphatic rings. The Hall–Kier alpha value is -0.820. The first-order chi connectivity index (χ1) is 9.95. The fourth-order valence-corrected chi connectivity index (χ4v) is 3.56. The van der Waals surface area contributed by atoms with Crippen LogP contribution in [0, 0.1) is 17.8 Å². The second-order valence-corrected chi connectivity index (χ2v) is 7.69. The summed E-state index contributed by atoms with van der Waals surface area (Å²) in [6.45, 7) is 11.7. The summed E-state index contributed by atoms with van der Waals surface area (Å²) in [5.74, 6) is 2.49. The average molecular weight is 287 g/mol. The van der Waals surface area contributed by atoms with Gasteiger partial charge in [-0.3, -0.25) is 0 Å². The zero-order valence-corrected chi connectivity index (χ0v) is 14.5. The summed E-state index contributed by atoms with van der Waals surface area (Å²) in [5, 5.41) is 3.85. The van der Waals surface area contributed by atoms with E-state index in [-0.39, 0.29) is 0 Å². The molecule has 1 heteroatoms. The molecule has 0 amide bonds. The summed E-state index contributed by atoms with van der Waals surface area (Å²) in [6, 6.07) is 10.4. The van der Waals surface area contributed by atoms with Gasteiger partial charge in [-0.15, -0.1) is 0 Å². The maximum atomic E-state index is 3.85. The van der Waals surface area contributed by atoms with Crippen LogP contribution >= 0.6 is 0 Å². The maximum absolute atomic E-state index is 3.85. The first-order valence-electron chi connectivity index (χ1n) is 8.80. The monoisotopic (exact) mass is 287 g/mol. The van der Waals surface area contributed by atoms with E-state index in [9.17, 15) is 0 Å². The van der Waals surface area contributed by atoms with Gasteiger partial charge in [0.05, 0.1) is 0 Å². The number of hydrogen-bond acceptors (Lipinski definition) is 1. The van der Waals surface area contributed by atoms with E-state index in [0.29, 0.717) is 12.1 Å². The molecular formula is C20H33N. The van der Waals surface area contributed by atoms with Crippen LogP contribution in [0.4, 0.5) is 0 Å². The highest BCUT2D eigenvalue weighted by atomic mass is 14.9. The van der Waals surface area contributed by atoms with Crippen LogP contribution in [0.25, 0.3) is 0 Å². The average Bonchev–Trinajstić information content (AvgIpc) is 2.43. The van der Waals surface area contributed by atoms with Crippen LogP contribution in [0.5, 0.6) is 0 Å². The molecule has 0 bridgehead atoms.